The first-order valence-electron chi connectivity index (χ1n) is 7.62. The van der Waals surface area contributed by atoms with Gasteiger partial charge < -0.3 is 10.1 Å². The van der Waals surface area contributed by atoms with Crippen molar-refractivity contribution in [3.05, 3.63) is 65.3 Å². The molecule has 0 aromatic carbocycles. The van der Waals surface area contributed by atoms with E-state index >= 15 is 0 Å². The van der Waals surface area contributed by atoms with E-state index < -0.39 is 0 Å². The van der Waals surface area contributed by atoms with Crippen LogP contribution in [0.4, 0.5) is 0 Å². The average Bonchev–Trinajstić information content (AvgIpc) is 3.15. The van der Waals surface area contributed by atoms with Crippen molar-refractivity contribution >= 4 is 17.2 Å². The topological polar surface area (TPSA) is 64.1 Å². The van der Waals surface area contributed by atoms with Crippen molar-refractivity contribution in [2.45, 2.75) is 13.5 Å². The van der Waals surface area contributed by atoms with Crippen LogP contribution in [-0.2, 0) is 6.54 Å². The van der Waals surface area contributed by atoms with Crippen molar-refractivity contribution in [3.8, 4) is 16.5 Å². The molecule has 0 spiro atoms. The SMILES string of the molecule is CCOc1ccc(C(=O)NCc2cccnc2-c2cccs2)cn1. The molecule has 122 valence electrons. The lowest BCUT2D eigenvalue weighted by Crippen LogP contribution is -2.23. The van der Waals surface area contributed by atoms with E-state index in [0.717, 1.165) is 16.1 Å². The Hall–Kier alpha value is -2.73. The number of hydrogen-bond acceptors (Lipinski definition) is 5. The van der Waals surface area contributed by atoms with Gasteiger partial charge in [0.1, 0.15) is 0 Å². The quantitative estimate of drug-likeness (QED) is 0.746. The third kappa shape index (κ3) is 3.78. The predicted octanol–water partition coefficient (Wildman–Crippen LogP) is 3.53. The molecule has 1 N–H and O–H groups in total. The molecule has 5 nitrogen and oxygen atoms in total. The highest BCUT2D eigenvalue weighted by atomic mass is 32.1. The summed E-state index contributed by atoms with van der Waals surface area (Å²) < 4.78 is 5.28. The van der Waals surface area contributed by atoms with Crippen molar-refractivity contribution < 1.29 is 9.53 Å². The van der Waals surface area contributed by atoms with Crippen LogP contribution >= 0.6 is 11.3 Å². The molecule has 0 aliphatic rings. The first-order chi connectivity index (χ1) is 11.8. The molecule has 3 aromatic rings. The lowest BCUT2D eigenvalue weighted by molar-refractivity contribution is 0.0950. The number of thiophene rings is 1. The van der Waals surface area contributed by atoms with E-state index in [1.165, 1.54) is 6.20 Å². The summed E-state index contributed by atoms with van der Waals surface area (Å²) in [6.07, 6.45) is 3.28. The number of aromatic nitrogens is 2. The van der Waals surface area contributed by atoms with Gasteiger partial charge in [-0.1, -0.05) is 12.1 Å². The largest absolute Gasteiger partial charge is 0.478 e. The molecular weight excluding hydrogens is 322 g/mol. The van der Waals surface area contributed by atoms with Crippen LogP contribution in [0, 0.1) is 0 Å². The van der Waals surface area contributed by atoms with E-state index in [1.807, 2.05) is 36.6 Å². The first-order valence-corrected chi connectivity index (χ1v) is 8.50. The molecule has 0 aliphatic carbocycles. The van der Waals surface area contributed by atoms with Gasteiger partial charge in [0.05, 0.1) is 22.7 Å². The van der Waals surface area contributed by atoms with Crippen molar-refractivity contribution in [1.82, 2.24) is 15.3 Å². The van der Waals surface area contributed by atoms with Crippen molar-refractivity contribution in [2.24, 2.45) is 0 Å². The Kier molecular flexibility index (Phi) is 5.18. The fourth-order valence-electron chi connectivity index (χ4n) is 2.24. The molecule has 24 heavy (non-hydrogen) atoms. The van der Waals surface area contributed by atoms with E-state index in [4.69, 9.17) is 4.74 Å². The summed E-state index contributed by atoms with van der Waals surface area (Å²) in [5, 5.41) is 4.93. The van der Waals surface area contributed by atoms with Crippen LogP contribution in [-0.4, -0.2) is 22.5 Å². The van der Waals surface area contributed by atoms with Gasteiger partial charge >= 0.3 is 0 Å². The average molecular weight is 339 g/mol. The molecule has 0 aliphatic heterocycles. The summed E-state index contributed by atoms with van der Waals surface area (Å²) in [7, 11) is 0. The van der Waals surface area contributed by atoms with Gasteiger partial charge in [-0.2, -0.15) is 0 Å². The highest BCUT2D eigenvalue weighted by Gasteiger charge is 2.10. The van der Waals surface area contributed by atoms with E-state index in [0.29, 0.717) is 24.6 Å². The van der Waals surface area contributed by atoms with Crippen LogP contribution in [0.25, 0.3) is 10.6 Å². The molecule has 3 rings (SSSR count). The van der Waals surface area contributed by atoms with Crippen LogP contribution in [0.1, 0.15) is 22.8 Å². The summed E-state index contributed by atoms with van der Waals surface area (Å²) in [6, 6.07) is 11.3. The maximum absolute atomic E-state index is 12.3. The molecule has 0 saturated carbocycles. The maximum atomic E-state index is 12.3. The summed E-state index contributed by atoms with van der Waals surface area (Å²) in [6.45, 7) is 2.85. The van der Waals surface area contributed by atoms with Gasteiger partial charge in [0, 0.05) is 25.0 Å². The van der Waals surface area contributed by atoms with Crippen LogP contribution in [0.2, 0.25) is 0 Å². The number of rotatable bonds is 6. The second kappa shape index (κ2) is 7.70. The van der Waals surface area contributed by atoms with Crippen LogP contribution in [0.15, 0.2) is 54.2 Å². The molecule has 3 aromatic heterocycles. The Balaban J connectivity index is 1.69. The molecular formula is C18H17N3O2S. The molecule has 0 bridgehead atoms. The number of carbonyl (C=O) groups is 1. The van der Waals surface area contributed by atoms with E-state index in [-0.39, 0.29) is 5.91 Å². The molecule has 3 heterocycles. The maximum Gasteiger partial charge on any atom is 0.253 e. The van der Waals surface area contributed by atoms with Gasteiger partial charge in [-0.25, -0.2) is 4.98 Å². The van der Waals surface area contributed by atoms with Crippen molar-refractivity contribution in [3.63, 3.8) is 0 Å². The standard InChI is InChI=1S/C18H17N3O2S/c1-2-23-16-8-7-14(12-20-16)18(22)21-11-13-5-3-9-19-17(13)15-6-4-10-24-15/h3-10,12H,2,11H2,1H3,(H,21,22). The van der Waals surface area contributed by atoms with Gasteiger partial charge in [-0.15, -0.1) is 11.3 Å². The molecule has 0 unspecified atom stereocenters. The number of nitrogens with zero attached hydrogens (tertiary/aromatic N) is 2. The summed E-state index contributed by atoms with van der Waals surface area (Å²) in [5.74, 6) is 0.341. The monoisotopic (exact) mass is 339 g/mol. The van der Waals surface area contributed by atoms with Gasteiger partial charge in [0.15, 0.2) is 0 Å². The fourth-order valence-corrected chi connectivity index (χ4v) is 3.00. The number of amides is 1. The Morgan fingerprint density at radius 2 is 2.12 bits per heavy atom. The number of ether oxygens (including phenoxy) is 1. The molecule has 0 atom stereocenters. The second-order valence-electron chi connectivity index (χ2n) is 4.99. The van der Waals surface area contributed by atoms with Gasteiger partial charge in [0.2, 0.25) is 5.88 Å². The number of hydrogen-bond donors (Lipinski definition) is 1. The van der Waals surface area contributed by atoms with E-state index in [9.17, 15) is 4.79 Å². The Labute approximate surface area is 144 Å². The third-order valence-electron chi connectivity index (χ3n) is 3.38. The minimum atomic E-state index is -0.175. The zero-order valence-electron chi connectivity index (χ0n) is 13.2. The number of carbonyl (C=O) groups excluding carboxylic acids is 1. The van der Waals surface area contributed by atoms with Gasteiger partial charge in [-0.3, -0.25) is 9.78 Å². The van der Waals surface area contributed by atoms with Crippen molar-refractivity contribution in [2.75, 3.05) is 6.61 Å². The molecule has 1 amide bonds. The summed E-state index contributed by atoms with van der Waals surface area (Å²) in [4.78, 5) is 21.9. The summed E-state index contributed by atoms with van der Waals surface area (Å²) in [5.41, 5.74) is 2.38. The summed E-state index contributed by atoms with van der Waals surface area (Å²) >= 11 is 1.63. The molecule has 0 saturated heterocycles. The van der Waals surface area contributed by atoms with Crippen LogP contribution < -0.4 is 10.1 Å². The Bertz CT molecular complexity index is 801. The second-order valence-corrected chi connectivity index (χ2v) is 5.94. The molecule has 0 fully saturated rings. The van der Waals surface area contributed by atoms with E-state index in [2.05, 4.69) is 15.3 Å². The highest BCUT2D eigenvalue weighted by Crippen LogP contribution is 2.25. The normalized spacial score (nSPS) is 10.4. The third-order valence-corrected chi connectivity index (χ3v) is 4.25. The minimum Gasteiger partial charge on any atom is -0.478 e. The highest BCUT2D eigenvalue weighted by molar-refractivity contribution is 7.13. The van der Waals surface area contributed by atoms with Crippen LogP contribution in [0.3, 0.4) is 0 Å². The minimum absolute atomic E-state index is 0.175. The van der Waals surface area contributed by atoms with Gasteiger partial charge in [-0.05, 0) is 36.1 Å². The Morgan fingerprint density at radius 1 is 1.21 bits per heavy atom. The number of pyridine rings is 2. The van der Waals surface area contributed by atoms with Gasteiger partial charge in [0.25, 0.3) is 5.91 Å². The first kappa shape index (κ1) is 16.1. The van der Waals surface area contributed by atoms with Crippen molar-refractivity contribution in [1.29, 1.82) is 0 Å². The zero-order valence-corrected chi connectivity index (χ0v) is 14.0. The smallest absolute Gasteiger partial charge is 0.253 e. The van der Waals surface area contributed by atoms with E-state index in [1.54, 1.807) is 29.7 Å². The lowest BCUT2D eigenvalue weighted by Gasteiger charge is -2.09. The molecule has 6 heteroatoms. The van der Waals surface area contributed by atoms with Crippen LogP contribution in [0.5, 0.6) is 5.88 Å². The molecule has 0 radical (unpaired) electrons. The zero-order chi connectivity index (χ0) is 16.8. The Morgan fingerprint density at radius 3 is 2.83 bits per heavy atom. The fraction of sp³-hybridized carbons (Fsp3) is 0.167. The predicted molar refractivity (Wildman–Crippen MR) is 94.1 cm³/mol. The number of nitrogens with one attached hydrogen (secondary N) is 1. The lowest BCUT2D eigenvalue weighted by atomic mass is 10.1.